The summed E-state index contributed by atoms with van der Waals surface area (Å²) in [5.74, 6) is 0.296. The van der Waals surface area contributed by atoms with Gasteiger partial charge in [-0.15, -0.1) is 0 Å². The van der Waals surface area contributed by atoms with Gasteiger partial charge in [-0.3, -0.25) is 4.79 Å². The molecule has 0 spiro atoms. The SMILES string of the molecule is CCC1CCCCN1c1nc2c(s1)C(=O)CC(C)(C)C2. The summed E-state index contributed by atoms with van der Waals surface area (Å²) >= 11 is 1.64. The van der Waals surface area contributed by atoms with Crippen molar-refractivity contribution in [2.45, 2.75) is 65.3 Å². The third-order valence-electron chi connectivity index (χ3n) is 4.57. The van der Waals surface area contributed by atoms with E-state index in [2.05, 4.69) is 25.7 Å². The van der Waals surface area contributed by atoms with E-state index < -0.39 is 0 Å². The minimum Gasteiger partial charge on any atom is -0.345 e. The summed E-state index contributed by atoms with van der Waals surface area (Å²) in [6.07, 6.45) is 6.62. The van der Waals surface area contributed by atoms with Crippen LogP contribution in [0.4, 0.5) is 5.13 Å². The van der Waals surface area contributed by atoms with Crippen molar-refractivity contribution in [3.63, 3.8) is 0 Å². The number of aromatic nitrogens is 1. The lowest BCUT2D eigenvalue weighted by Gasteiger charge is -2.35. The van der Waals surface area contributed by atoms with Crippen LogP contribution in [0.1, 0.15) is 68.2 Å². The van der Waals surface area contributed by atoms with Crippen LogP contribution in [0.25, 0.3) is 0 Å². The number of nitrogens with zero attached hydrogens (tertiary/aromatic N) is 2. The first-order chi connectivity index (χ1) is 9.50. The lowest BCUT2D eigenvalue weighted by atomic mass is 9.78. The lowest BCUT2D eigenvalue weighted by Crippen LogP contribution is -2.39. The Labute approximate surface area is 125 Å². The van der Waals surface area contributed by atoms with Gasteiger partial charge in [0.15, 0.2) is 10.9 Å². The highest BCUT2D eigenvalue weighted by atomic mass is 32.1. The third-order valence-corrected chi connectivity index (χ3v) is 5.74. The Morgan fingerprint density at radius 2 is 2.15 bits per heavy atom. The number of anilines is 1. The fourth-order valence-corrected chi connectivity index (χ4v) is 4.62. The Balaban J connectivity index is 1.91. The van der Waals surface area contributed by atoms with Crippen LogP contribution < -0.4 is 4.90 Å². The van der Waals surface area contributed by atoms with Crippen molar-refractivity contribution >= 4 is 22.3 Å². The summed E-state index contributed by atoms with van der Waals surface area (Å²) in [7, 11) is 0. The van der Waals surface area contributed by atoms with Crippen LogP contribution in [0, 0.1) is 5.41 Å². The predicted molar refractivity (Wildman–Crippen MR) is 83.8 cm³/mol. The van der Waals surface area contributed by atoms with E-state index in [9.17, 15) is 4.79 Å². The number of thiazole rings is 1. The van der Waals surface area contributed by atoms with Crippen molar-refractivity contribution in [3.05, 3.63) is 10.6 Å². The number of ketones is 1. The molecular weight excluding hydrogens is 268 g/mol. The smallest absolute Gasteiger partial charge is 0.186 e. The molecule has 3 rings (SSSR count). The van der Waals surface area contributed by atoms with Gasteiger partial charge in [0, 0.05) is 19.0 Å². The molecule has 0 saturated carbocycles. The molecule has 1 saturated heterocycles. The van der Waals surface area contributed by atoms with Crippen molar-refractivity contribution in [2.75, 3.05) is 11.4 Å². The maximum atomic E-state index is 12.3. The largest absolute Gasteiger partial charge is 0.345 e. The summed E-state index contributed by atoms with van der Waals surface area (Å²) < 4.78 is 0. The molecule has 2 heterocycles. The van der Waals surface area contributed by atoms with Crippen molar-refractivity contribution in [3.8, 4) is 0 Å². The van der Waals surface area contributed by atoms with Crippen LogP contribution in [0.2, 0.25) is 0 Å². The second-order valence-electron chi connectivity index (χ2n) is 6.96. The maximum absolute atomic E-state index is 12.3. The number of fused-ring (bicyclic) bond motifs is 1. The Kier molecular flexibility index (Phi) is 3.61. The first-order valence-electron chi connectivity index (χ1n) is 7.80. The van der Waals surface area contributed by atoms with Crippen molar-refractivity contribution in [2.24, 2.45) is 5.41 Å². The topological polar surface area (TPSA) is 33.2 Å². The normalized spacial score (nSPS) is 25.6. The molecule has 110 valence electrons. The van der Waals surface area contributed by atoms with E-state index in [1.807, 2.05) is 0 Å². The molecule has 1 fully saturated rings. The van der Waals surface area contributed by atoms with Gasteiger partial charge in [-0.05, 0) is 37.5 Å². The quantitative estimate of drug-likeness (QED) is 0.824. The van der Waals surface area contributed by atoms with Gasteiger partial charge in [-0.1, -0.05) is 32.1 Å². The first kappa shape index (κ1) is 14.1. The first-order valence-corrected chi connectivity index (χ1v) is 8.61. The number of carbonyl (C=O) groups is 1. The number of hydrogen-bond acceptors (Lipinski definition) is 4. The van der Waals surface area contributed by atoms with E-state index >= 15 is 0 Å². The van der Waals surface area contributed by atoms with Crippen molar-refractivity contribution in [1.82, 2.24) is 4.98 Å². The van der Waals surface area contributed by atoms with E-state index in [0.717, 1.165) is 28.7 Å². The van der Waals surface area contributed by atoms with Crippen LogP contribution in [0.3, 0.4) is 0 Å². The van der Waals surface area contributed by atoms with Gasteiger partial charge in [0.2, 0.25) is 0 Å². The average molecular weight is 292 g/mol. The van der Waals surface area contributed by atoms with Crippen molar-refractivity contribution in [1.29, 1.82) is 0 Å². The molecule has 1 aliphatic heterocycles. The van der Waals surface area contributed by atoms with E-state index in [-0.39, 0.29) is 5.41 Å². The fourth-order valence-electron chi connectivity index (χ4n) is 3.51. The monoisotopic (exact) mass is 292 g/mol. The molecule has 0 aromatic carbocycles. The van der Waals surface area contributed by atoms with E-state index in [4.69, 9.17) is 4.98 Å². The lowest BCUT2D eigenvalue weighted by molar-refractivity contribution is 0.0916. The molecule has 1 aromatic rings. The van der Waals surface area contributed by atoms with Gasteiger partial charge < -0.3 is 4.90 Å². The molecule has 0 bridgehead atoms. The van der Waals surface area contributed by atoms with Gasteiger partial charge in [-0.2, -0.15) is 0 Å². The molecule has 1 atom stereocenters. The number of hydrogen-bond donors (Lipinski definition) is 0. The summed E-state index contributed by atoms with van der Waals surface area (Å²) in [6.45, 7) is 7.69. The Morgan fingerprint density at radius 3 is 2.90 bits per heavy atom. The highest BCUT2D eigenvalue weighted by Gasteiger charge is 2.35. The standard InChI is InChI=1S/C16H24N2OS/c1-4-11-7-5-6-8-18(11)15-17-12-9-16(2,3)10-13(19)14(12)20-15/h11H,4-10H2,1-3H3. The summed E-state index contributed by atoms with van der Waals surface area (Å²) in [5.41, 5.74) is 1.12. The zero-order valence-corrected chi connectivity index (χ0v) is 13.6. The molecule has 0 radical (unpaired) electrons. The van der Waals surface area contributed by atoms with Gasteiger partial charge in [-0.25, -0.2) is 4.98 Å². The molecule has 3 nitrogen and oxygen atoms in total. The molecule has 0 N–H and O–H groups in total. The van der Waals surface area contributed by atoms with Crippen LogP contribution >= 0.6 is 11.3 Å². The second kappa shape index (κ2) is 5.14. The Bertz CT molecular complexity index is 521. The Hall–Kier alpha value is -0.900. The van der Waals surface area contributed by atoms with Crippen LogP contribution in [-0.4, -0.2) is 23.4 Å². The van der Waals surface area contributed by atoms with Gasteiger partial charge in [0.25, 0.3) is 0 Å². The van der Waals surface area contributed by atoms with Gasteiger partial charge >= 0.3 is 0 Å². The number of carbonyl (C=O) groups excluding carboxylic acids is 1. The summed E-state index contributed by atoms with van der Waals surface area (Å²) in [5, 5.41) is 1.09. The molecule has 1 aliphatic carbocycles. The Morgan fingerprint density at radius 1 is 1.35 bits per heavy atom. The molecule has 20 heavy (non-hydrogen) atoms. The van der Waals surface area contributed by atoms with E-state index in [1.54, 1.807) is 11.3 Å². The van der Waals surface area contributed by atoms with Gasteiger partial charge in [0.1, 0.15) is 0 Å². The zero-order chi connectivity index (χ0) is 14.3. The molecule has 4 heteroatoms. The fraction of sp³-hybridized carbons (Fsp3) is 0.750. The minimum atomic E-state index is 0.0709. The molecular formula is C16H24N2OS. The highest BCUT2D eigenvalue weighted by Crippen LogP contribution is 2.40. The van der Waals surface area contributed by atoms with Crippen molar-refractivity contribution < 1.29 is 4.79 Å². The second-order valence-corrected chi connectivity index (χ2v) is 7.94. The van der Waals surface area contributed by atoms with Crippen LogP contribution in [0.15, 0.2) is 0 Å². The minimum absolute atomic E-state index is 0.0709. The summed E-state index contributed by atoms with van der Waals surface area (Å²) in [4.78, 5) is 20.5. The molecule has 0 amide bonds. The van der Waals surface area contributed by atoms with Crippen LogP contribution in [-0.2, 0) is 6.42 Å². The number of piperidine rings is 1. The molecule has 1 unspecified atom stereocenters. The maximum Gasteiger partial charge on any atom is 0.186 e. The predicted octanol–water partition coefficient (Wildman–Crippen LogP) is 4.07. The summed E-state index contributed by atoms with van der Waals surface area (Å²) in [6, 6.07) is 0.611. The molecule has 1 aromatic heterocycles. The third kappa shape index (κ3) is 2.50. The zero-order valence-electron chi connectivity index (χ0n) is 12.7. The van der Waals surface area contributed by atoms with E-state index in [1.165, 1.54) is 25.7 Å². The number of rotatable bonds is 2. The average Bonchev–Trinajstić information content (AvgIpc) is 2.81. The number of Topliss-reactive ketones (excluding diaryl/α,β-unsaturated/α-hetero) is 1. The highest BCUT2D eigenvalue weighted by molar-refractivity contribution is 7.17. The molecule has 2 aliphatic rings. The van der Waals surface area contributed by atoms with Gasteiger partial charge in [0.05, 0.1) is 10.6 Å². The van der Waals surface area contributed by atoms with E-state index in [0.29, 0.717) is 18.2 Å². The van der Waals surface area contributed by atoms with Crippen LogP contribution in [0.5, 0.6) is 0 Å².